The summed E-state index contributed by atoms with van der Waals surface area (Å²) in [7, 11) is -1.28. The Labute approximate surface area is 110 Å². The van der Waals surface area contributed by atoms with Crippen molar-refractivity contribution in [2.75, 3.05) is 6.61 Å². The van der Waals surface area contributed by atoms with Crippen molar-refractivity contribution in [1.82, 2.24) is 0 Å². The molecule has 0 saturated carbocycles. The minimum atomic E-state index is -1.28. The summed E-state index contributed by atoms with van der Waals surface area (Å²) < 4.78 is 20.3. The van der Waals surface area contributed by atoms with E-state index in [0.29, 0.717) is 13.0 Å². The molecule has 4 nitrogen and oxygen atoms in total. The summed E-state index contributed by atoms with van der Waals surface area (Å²) in [6.07, 6.45) is 3.74. The van der Waals surface area contributed by atoms with Crippen molar-refractivity contribution in [1.29, 1.82) is 0 Å². The molecule has 1 rings (SSSR count). The number of esters is 1. The molecule has 0 aliphatic heterocycles. The quantitative estimate of drug-likeness (QED) is 0.446. The molecule has 100 valence electrons. The lowest BCUT2D eigenvalue weighted by molar-refractivity contribution is -0.146. The fourth-order valence-electron chi connectivity index (χ4n) is 1.32. The third kappa shape index (κ3) is 4.24. The standard InChI is InChI=1S/C13H19NO3S/c1-5-17-12(15)11-7-6-10(8-11)9-14-18(16)13(2,3)4/h7,9,11H,5,8H2,1-4H3/b14-9+. The molecule has 0 N–H and O–H groups in total. The zero-order valence-electron chi connectivity index (χ0n) is 11.2. The molecular formula is C13H19NO3S. The summed E-state index contributed by atoms with van der Waals surface area (Å²) in [4.78, 5) is 11.5. The number of nitrogens with zero attached hydrogens (tertiary/aromatic N) is 1. The van der Waals surface area contributed by atoms with Crippen LogP contribution in [0.25, 0.3) is 0 Å². The number of hydrogen-bond donors (Lipinski definition) is 0. The van der Waals surface area contributed by atoms with Gasteiger partial charge in [0, 0.05) is 11.8 Å². The van der Waals surface area contributed by atoms with E-state index in [1.165, 1.54) is 6.21 Å². The maximum Gasteiger partial charge on any atom is 0.313 e. The fraction of sp³-hybridized carbons (Fsp3) is 0.615. The summed E-state index contributed by atoms with van der Waals surface area (Å²) >= 11 is 0. The van der Waals surface area contributed by atoms with Gasteiger partial charge in [0.15, 0.2) is 0 Å². The first-order chi connectivity index (χ1) is 8.34. The number of ether oxygens (including phenoxy) is 1. The molecule has 2 unspecified atom stereocenters. The molecule has 0 spiro atoms. The molecule has 0 aromatic rings. The van der Waals surface area contributed by atoms with Crippen molar-refractivity contribution in [3.8, 4) is 0 Å². The van der Waals surface area contributed by atoms with Crippen LogP contribution in [0.3, 0.4) is 0 Å². The molecule has 0 aromatic heterocycles. The van der Waals surface area contributed by atoms with Gasteiger partial charge in [-0.15, -0.1) is 5.73 Å². The van der Waals surface area contributed by atoms with Crippen LogP contribution in [0.4, 0.5) is 0 Å². The third-order valence-corrected chi connectivity index (χ3v) is 3.67. The maximum absolute atomic E-state index is 11.7. The molecule has 0 bridgehead atoms. The smallest absolute Gasteiger partial charge is 0.313 e. The Bertz CT molecular complexity index is 440. The summed E-state index contributed by atoms with van der Waals surface area (Å²) in [6, 6.07) is 0. The first-order valence-corrected chi connectivity index (χ1v) is 7.03. The monoisotopic (exact) mass is 269 g/mol. The van der Waals surface area contributed by atoms with Crippen LogP contribution in [0.15, 0.2) is 21.8 Å². The molecule has 0 amide bonds. The van der Waals surface area contributed by atoms with E-state index in [0.717, 1.165) is 5.57 Å². The Kier molecular flexibility index (Phi) is 5.05. The fourth-order valence-corrected chi connectivity index (χ4v) is 1.86. The van der Waals surface area contributed by atoms with Crippen LogP contribution in [0.5, 0.6) is 0 Å². The van der Waals surface area contributed by atoms with Gasteiger partial charge in [-0.1, -0.05) is 0 Å². The molecule has 0 fully saturated rings. The van der Waals surface area contributed by atoms with Crippen LogP contribution in [0.2, 0.25) is 0 Å². The predicted molar refractivity (Wildman–Crippen MR) is 72.7 cm³/mol. The van der Waals surface area contributed by atoms with Gasteiger partial charge in [0.2, 0.25) is 0 Å². The SMILES string of the molecule is CCOC(=O)C1C=C=C(/C=N/S(=O)C(C)(C)C)C1. The Balaban J connectivity index is 2.55. The van der Waals surface area contributed by atoms with Crippen molar-refractivity contribution in [2.45, 2.75) is 38.9 Å². The van der Waals surface area contributed by atoms with Crippen LogP contribution in [-0.4, -0.2) is 27.7 Å². The highest BCUT2D eigenvalue weighted by atomic mass is 32.2. The first-order valence-electron chi connectivity index (χ1n) is 5.93. The van der Waals surface area contributed by atoms with Gasteiger partial charge < -0.3 is 4.74 Å². The average Bonchev–Trinajstić information content (AvgIpc) is 2.73. The predicted octanol–water partition coefficient (Wildman–Crippen LogP) is 2.18. The van der Waals surface area contributed by atoms with Gasteiger partial charge in [-0.3, -0.25) is 4.79 Å². The summed E-state index contributed by atoms with van der Waals surface area (Å²) in [5.41, 5.74) is 3.74. The van der Waals surface area contributed by atoms with Crippen LogP contribution in [0, 0.1) is 5.92 Å². The molecule has 0 aromatic carbocycles. The van der Waals surface area contributed by atoms with Crippen LogP contribution in [0.1, 0.15) is 34.1 Å². The molecule has 1 aliphatic carbocycles. The molecular weight excluding hydrogens is 250 g/mol. The molecule has 0 radical (unpaired) electrons. The number of carbonyl (C=O) groups excluding carboxylic acids is 1. The summed E-state index contributed by atoms with van der Waals surface area (Å²) in [6.45, 7) is 7.74. The first kappa shape index (κ1) is 14.9. The largest absolute Gasteiger partial charge is 0.466 e. The molecule has 2 atom stereocenters. The third-order valence-electron chi connectivity index (χ3n) is 2.33. The Morgan fingerprint density at radius 3 is 2.89 bits per heavy atom. The van der Waals surface area contributed by atoms with E-state index < -0.39 is 11.0 Å². The van der Waals surface area contributed by atoms with Gasteiger partial charge in [0.1, 0.15) is 11.0 Å². The second-order valence-corrected chi connectivity index (χ2v) is 6.93. The Morgan fingerprint density at radius 2 is 2.33 bits per heavy atom. The van der Waals surface area contributed by atoms with Crippen molar-refractivity contribution in [2.24, 2.45) is 10.3 Å². The number of hydrogen-bond acceptors (Lipinski definition) is 3. The highest BCUT2D eigenvalue weighted by Crippen LogP contribution is 2.20. The van der Waals surface area contributed by atoms with E-state index in [2.05, 4.69) is 10.1 Å². The van der Waals surface area contributed by atoms with E-state index in [1.54, 1.807) is 13.0 Å². The van der Waals surface area contributed by atoms with Crippen molar-refractivity contribution in [3.05, 3.63) is 17.4 Å². The van der Waals surface area contributed by atoms with Crippen LogP contribution in [-0.2, 0) is 20.5 Å². The molecule has 0 heterocycles. The van der Waals surface area contributed by atoms with E-state index >= 15 is 0 Å². The van der Waals surface area contributed by atoms with E-state index in [4.69, 9.17) is 4.74 Å². The van der Waals surface area contributed by atoms with Gasteiger partial charge >= 0.3 is 5.97 Å². The van der Waals surface area contributed by atoms with E-state index in [1.807, 2.05) is 20.8 Å². The van der Waals surface area contributed by atoms with Gasteiger partial charge in [-0.25, -0.2) is 4.21 Å². The lowest BCUT2D eigenvalue weighted by atomic mass is 10.1. The topological polar surface area (TPSA) is 55.7 Å². The maximum atomic E-state index is 11.7. The second kappa shape index (κ2) is 6.12. The van der Waals surface area contributed by atoms with Crippen LogP contribution < -0.4 is 0 Å². The highest BCUT2D eigenvalue weighted by molar-refractivity contribution is 7.85. The minimum Gasteiger partial charge on any atom is -0.466 e. The van der Waals surface area contributed by atoms with Gasteiger partial charge in [-0.2, -0.15) is 4.40 Å². The Morgan fingerprint density at radius 1 is 1.67 bits per heavy atom. The highest BCUT2D eigenvalue weighted by Gasteiger charge is 2.22. The molecule has 18 heavy (non-hydrogen) atoms. The Hall–Kier alpha value is -1.19. The van der Waals surface area contributed by atoms with E-state index in [-0.39, 0.29) is 16.6 Å². The average molecular weight is 269 g/mol. The van der Waals surface area contributed by atoms with Crippen LogP contribution >= 0.6 is 0 Å². The lowest BCUT2D eigenvalue weighted by Crippen LogP contribution is -2.19. The zero-order chi connectivity index (χ0) is 13.8. The molecule has 1 aliphatic rings. The zero-order valence-corrected chi connectivity index (χ0v) is 12.0. The van der Waals surface area contributed by atoms with Crippen molar-refractivity contribution < 1.29 is 13.7 Å². The number of carbonyl (C=O) groups is 1. The van der Waals surface area contributed by atoms with Gasteiger partial charge in [0.05, 0.1) is 17.3 Å². The second-order valence-electron chi connectivity index (χ2n) is 4.99. The molecule has 5 heteroatoms. The van der Waals surface area contributed by atoms with Crippen molar-refractivity contribution in [3.63, 3.8) is 0 Å². The normalized spacial score (nSPS) is 21.1. The lowest BCUT2D eigenvalue weighted by Gasteiger charge is -2.12. The summed E-state index contributed by atoms with van der Waals surface area (Å²) in [5.74, 6) is -0.528. The van der Waals surface area contributed by atoms with E-state index in [9.17, 15) is 9.00 Å². The molecule has 0 saturated heterocycles. The van der Waals surface area contributed by atoms with Gasteiger partial charge in [0.25, 0.3) is 0 Å². The summed E-state index contributed by atoms with van der Waals surface area (Å²) in [5, 5.41) is 0. The number of rotatable bonds is 4. The van der Waals surface area contributed by atoms with Gasteiger partial charge in [-0.05, 0) is 40.2 Å². The van der Waals surface area contributed by atoms with Crippen molar-refractivity contribution >= 4 is 23.2 Å². The minimum absolute atomic E-state index is 0.245.